The predicted molar refractivity (Wildman–Crippen MR) is 47.0 cm³/mol. The van der Waals surface area contributed by atoms with E-state index in [1.165, 1.54) is 13.0 Å². The van der Waals surface area contributed by atoms with E-state index < -0.39 is 28.5 Å². The van der Waals surface area contributed by atoms with Crippen molar-refractivity contribution in [3.05, 3.63) is 27.4 Å². The number of aromatic nitrogens is 1. The molecule has 0 radical (unpaired) electrons. The number of hydrogen-bond donors (Lipinski definition) is 0. The summed E-state index contributed by atoms with van der Waals surface area (Å²) in [6.07, 6.45) is -4.97. The van der Waals surface area contributed by atoms with E-state index >= 15 is 0 Å². The molecule has 0 saturated heterocycles. The van der Waals surface area contributed by atoms with Crippen molar-refractivity contribution in [2.24, 2.45) is 0 Å². The number of nitro groups is 1. The Morgan fingerprint density at radius 3 is 2.59 bits per heavy atom. The fraction of sp³-hybridized carbons (Fsp3) is 0.250. The monoisotopic (exact) mass is 247 g/mol. The van der Waals surface area contributed by atoms with Gasteiger partial charge in [-0.2, -0.15) is 10.2 Å². The minimum atomic E-state index is -4.97. The van der Waals surface area contributed by atoms with Crippen LogP contribution in [0.15, 0.2) is 6.07 Å². The smallest absolute Gasteiger partial charge is 0.388 e. The van der Waals surface area contributed by atoms with E-state index in [0.29, 0.717) is 0 Å². The van der Waals surface area contributed by atoms with E-state index in [2.05, 4.69) is 9.72 Å². The molecular weight excluding hydrogens is 243 g/mol. The van der Waals surface area contributed by atoms with Gasteiger partial charge >= 0.3 is 12.0 Å². The van der Waals surface area contributed by atoms with Crippen molar-refractivity contribution in [2.45, 2.75) is 13.3 Å². The summed E-state index contributed by atoms with van der Waals surface area (Å²) in [5.74, 6) is -0.905. The van der Waals surface area contributed by atoms with Crippen molar-refractivity contribution in [1.82, 2.24) is 4.98 Å². The van der Waals surface area contributed by atoms with Crippen molar-refractivity contribution < 1.29 is 22.8 Å². The van der Waals surface area contributed by atoms with Gasteiger partial charge in [0.1, 0.15) is 6.07 Å². The average Bonchev–Trinajstić information content (AvgIpc) is 2.12. The predicted octanol–water partition coefficient (Wildman–Crippen LogP) is 2.07. The number of pyridine rings is 1. The minimum absolute atomic E-state index is 0.138. The molecule has 6 nitrogen and oxygen atoms in total. The highest BCUT2D eigenvalue weighted by Gasteiger charge is 2.33. The number of ether oxygens (including phenoxy) is 1. The second-order valence-corrected chi connectivity index (χ2v) is 2.89. The van der Waals surface area contributed by atoms with Crippen LogP contribution in [-0.4, -0.2) is 16.3 Å². The van der Waals surface area contributed by atoms with Crippen LogP contribution in [0.5, 0.6) is 5.88 Å². The van der Waals surface area contributed by atoms with E-state index in [9.17, 15) is 23.3 Å². The molecule has 0 bridgehead atoms. The number of alkyl halides is 3. The molecule has 0 aliphatic heterocycles. The first kappa shape index (κ1) is 12.7. The molecule has 0 unspecified atom stereocenters. The largest absolute Gasteiger partial charge is 0.574 e. The number of aryl methyl sites for hydroxylation is 1. The lowest BCUT2D eigenvalue weighted by Crippen LogP contribution is -2.18. The van der Waals surface area contributed by atoms with Crippen LogP contribution in [0.25, 0.3) is 0 Å². The molecule has 0 saturated carbocycles. The zero-order valence-corrected chi connectivity index (χ0v) is 8.28. The van der Waals surface area contributed by atoms with Crippen LogP contribution in [-0.2, 0) is 0 Å². The molecule has 0 amide bonds. The van der Waals surface area contributed by atoms with E-state index in [1.54, 1.807) is 0 Å². The average molecular weight is 247 g/mol. The third kappa shape index (κ3) is 3.04. The molecule has 9 heteroatoms. The van der Waals surface area contributed by atoms with E-state index in [0.717, 1.165) is 6.07 Å². The lowest BCUT2D eigenvalue weighted by atomic mass is 10.2. The molecule has 1 rings (SSSR count). The van der Waals surface area contributed by atoms with Crippen LogP contribution >= 0.6 is 0 Å². The van der Waals surface area contributed by atoms with Crippen LogP contribution in [0.1, 0.15) is 11.3 Å². The third-order valence-corrected chi connectivity index (χ3v) is 1.67. The van der Waals surface area contributed by atoms with Gasteiger partial charge in [0.05, 0.1) is 4.92 Å². The number of halogens is 3. The molecule has 1 heterocycles. The van der Waals surface area contributed by atoms with E-state index in [4.69, 9.17) is 5.26 Å². The van der Waals surface area contributed by atoms with Gasteiger partial charge in [0.15, 0.2) is 0 Å². The summed E-state index contributed by atoms with van der Waals surface area (Å²) in [6, 6.07) is 2.09. The van der Waals surface area contributed by atoms with Gasteiger partial charge in [0.25, 0.3) is 0 Å². The molecule has 0 N–H and O–H groups in total. The van der Waals surface area contributed by atoms with Gasteiger partial charge in [0.2, 0.25) is 11.6 Å². The van der Waals surface area contributed by atoms with Crippen molar-refractivity contribution in [3.63, 3.8) is 0 Å². The Bertz CT molecular complexity index is 507. The maximum atomic E-state index is 11.9. The molecule has 1 aromatic rings. The molecule has 0 aromatic carbocycles. The summed E-state index contributed by atoms with van der Waals surface area (Å²) in [5.41, 5.74) is -1.50. The Balaban J connectivity index is 3.29. The molecule has 0 aliphatic carbocycles. The molecule has 0 fully saturated rings. The number of rotatable bonds is 2. The summed E-state index contributed by atoms with van der Waals surface area (Å²) >= 11 is 0. The summed E-state index contributed by atoms with van der Waals surface area (Å²) in [6.45, 7) is 1.18. The highest BCUT2D eigenvalue weighted by molar-refractivity contribution is 5.51. The second kappa shape index (κ2) is 4.25. The molecule has 0 atom stereocenters. The minimum Gasteiger partial charge on any atom is -0.388 e. The Labute approximate surface area is 92.4 Å². The topological polar surface area (TPSA) is 89.0 Å². The Morgan fingerprint density at radius 2 is 2.18 bits per heavy atom. The lowest BCUT2D eigenvalue weighted by molar-refractivity contribution is -0.386. The maximum absolute atomic E-state index is 11.9. The summed E-state index contributed by atoms with van der Waals surface area (Å²) < 4.78 is 39.1. The highest BCUT2D eigenvalue weighted by atomic mass is 19.4. The highest BCUT2D eigenvalue weighted by Crippen LogP contribution is 2.28. The maximum Gasteiger partial charge on any atom is 0.574 e. The van der Waals surface area contributed by atoms with E-state index in [1.807, 2.05) is 0 Å². The molecule has 17 heavy (non-hydrogen) atoms. The number of hydrogen-bond acceptors (Lipinski definition) is 5. The van der Waals surface area contributed by atoms with Crippen LogP contribution < -0.4 is 4.74 Å². The zero-order valence-electron chi connectivity index (χ0n) is 8.28. The van der Waals surface area contributed by atoms with Gasteiger partial charge in [-0.1, -0.05) is 0 Å². The van der Waals surface area contributed by atoms with Crippen molar-refractivity contribution >= 4 is 5.69 Å². The number of nitriles is 1. The molecule has 0 spiro atoms. The van der Waals surface area contributed by atoms with Gasteiger partial charge in [-0.15, -0.1) is 13.2 Å². The SMILES string of the molecule is Cc1cc(OC(F)(F)F)nc(C#N)c1[N+](=O)[O-]. The van der Waals surface area contributed by atoms with Gasteiger partial charge in [-0.05, 0) is 6.92 Å². The first-order valence-electron chi connectivity index (χ1n) is 4.06. The second-order valence-electron chi connectivity index (χ2n) is 2.89. The van der Waals surface area contributed by atoms with Crippen molar-refractivity contribution in [1.29, 1.82) is 5.26 Å². The number of nitrogens with zero attached hydrogens (tertiary/aromatic N) is 3. The van der Waals surface area contributed by atoms with Crippen LogP contribution in [0.3, 0.4) is 0 Å². The van der Waals surface area contributed by atoms with Crippen LogP contribution in [0.2, 0.25) is 0 Å². The first-order chi connectivity index (χ1) is 7.74. The zero-order chi connectivity index (χ0) is 13.2. The summed E-state index contributed by atoms with van der Waals surface area (Å²) in [7, 11) is 0. The van der Waals surface area contributed by atoms with Crippen molar-refractivity contribution in [2.75, 3.05) is 0 Å². The normalized spacial score (nSPS) is 10.8. The quantitative estimate of drug-likeness (QED) is 0.589. The first-order valence-corrected chi connectivity index (χ1v) is 4.06. The van der Waals surface area contributed by atoms with Gasteiger partial charge in [0, 0.05) is 11.6 Å². The molecule has 1 aromatic heterocycles. The lowest BCUT2D eigenvalue weighted by Gasteiger charge is -2.08. The standard InChI is InChI=1S/C8H4F3N3O3/c1-4-2-6(17-8(9,10)11)13-5(3-12)7(4)14(15)16/h2H,1H3. The Kier molecular flexibility index (Phi) is 3.17. The fourth-order valence-electron chi connectivity index (χ4n) is 1.12. The molecule has 90 valence electrons. The van der Waals surface area contributed by atoms with Gasteiger partial charge < -0.3 is 4.74 Å². The fourth-order valence-corrected chi connectivity index (χ4v) is 1.12. The Morgan fingerprint density at radius 1 is 1.59 bits per heavy atom. The molecule has 0 aliphatic rings. The molecular formula is C8H4F3N3O3. The van der Waals surface area contributed by atoms with E-state index in [-0.39, 0.29) is 5.56 Å². The van der Waals surface area contributed by atoms with Gasteiger partial charge in [-0.3, -0.25) is 10.1 Å². The Hall–Kier alpha value is -2.37. The third-order valence-electron chi connectivity index (χ3n) is 1.67. The van der Waals surface area contributed by atoms with Gasteiger partial charge in [-0.25, -0.2) is 0 Å². The van der Waals surface area contributed by atoms with Crippen LogP contribution in [0.4, 0.5) is 18.9 Å². The summed E-state index contributed by atoms with van der Waals surface area (Å²) in [5, 5.41) is 19.1. The van der Waals surface area contributed by atoms with Crippen LogP contribution in [0, 0.1) is 28.4 Å². The summed E-state index contributed by atoms with van der Waals surface area (Å²) in [4.78, 5) is 12.8. The van der Waals surface area contributed by atoms with Crippen molar-refractivity contribution in [3.8, 4) is 11.9 Å².